The monoisotopic (exact) mass is 723 g/mol. The molecule has 0 atom stereocenters. The van der Waals surface area contributed by atoms with E-state index in [-0.39, 0.29) is 5.92 Å². The summed E-state index contributed by atoms with van der Waals surface area (Å²) < 4.78 is 12.5. The van der Waals surface area contributed by atoms with Crippen molar-refractivity contribution in [3.8, 4) is 11.5 Å². The molecule has 51 heavy (non-hydrogen) atoms. The fraction of sp³-hybridized carbons (Fsp3) is 0.745. The molecule has 0 saturated heterocycles. The van der Waals surface area contributed by atoms with Gasteiger partial charge in [-0.25, -0.2) is 0 Å². The van der Waals surface area contributed by atoms with Gasteiger partial charge in [-0.05, 0) is 60.7 Å². The molecule has 292 valence electrons. The van der Waals surface area contributed by atoms with Gasteiger partial charge in [0.1, 0.15) is 11.5 Å². The zero-order valence-electron chi connectivity index (χ0n) is 33.8. The summed E-state index contributed by atoms with van der Waals surface area (Å²) in [7, 11) is -0.992. The summed E-state index contributed by atoms with van der Waals surface area (Å²) in [6, 6.07) is 18.3. The molecule has 3 nitrogen and oxygen atoms in total. The van der Waals surface area contributed by atoms with Crippen molar-refractivity contribution < 1.29 is 14.3 Å². The fourth-order valence-electron chi connectivity index (χ4n) is 7.44. The lowest BCUT2D eigenvalue weighted by molar-refractivity contribution is 0.303. The third-order valence-electron chi connectivity index (χ3n) is 10.7. The van der Waals surface area contributed by atoms with Crippen LogP contribution in [0, 0.1) is 0 Å². The second-order valence-electron chi connectivity index (χ2n) is 15.5. The molecule has 4 heteroatoms. The minimum absolute atomic E-state index is 0.249. The Hall–Kier alpha value is -1.78. The Bertz CT molecular complexity index is 949. The zero-order chi connectivity index (χ0) is 36.3. The highest BCUT2D eigenvalue weighted by Crippen LogP contribution is 2.33. The molecule has 0 bridgehead atoms. The van der Waals surface area contributed by atoms with Crippen molar-refractivity contribution in [3.63, 3.8) is 0 Å². The Kier molecular flexibility index (Phi) is 30.3. The van der Waals surface area contributed by atoms with E-state index < -0.39 is 9.76 Å². The Morgan fingerprint density at radius 1 is 0.451 bits per heavy atom. The van der Waals surface area contributed by atoms with Crippen LogP contribution in [0.1, 0.15) is 217 Å². The maximum atomic E-state index is 9.81. The quantitative estimate of drug-likeness (QED) is 0.0557. The summed E-state index contributed by atoms with van der Waals surface area (Å²) in [6.07, 6.45) is 39.4. The Balaban J connectivity index is 1.62. The maximum absolute atomic E-state index is 9.81. The summed E-state index contributed by atoms with van der Waals surface area (Å²) in [5.74, 6) is 2.19. The molecular weight excluding hydrogens is 641 g/mol. The number of hydrogen-bond donors (Lipinski definition) is 1. The third kappa shape index (κ3) is 25.0. The van der Waals surface area contributed by atoms with Crippen molar-refractivity contribution >= 4 is 9.76 Å². The lowest BCUT2D eigenvalue weighted by atomic mass is 9.89. The highest BCUT2D eigenvalue weighted by molar-refractivity contribution is 6.25. The van der Waals surface area contributed by atoms with Gasteiger partial charge in [0.25, 0.3) is 0 Å². The van der Waals surface area contributed by atoms with Crippen molar-refractivity contribution in [2.45, 2.75) is 212 Å². The summed E-state index contributed by atoms with van der Waals surface area (Å²) in [6.45, 7) is 6.17. The molecule has 0 saturated carbocycles. The van der Waals surface area contributed by atoms with Gasteiger partial charge in [0.05, 0.1) is 13.2 Å². The number of rotatable bonds is 37. The Morgan fingerprint density at radius 3 is 1.08 bits per heavy atom. The van der Waals surface area contributed by atoms with E-state index in [1.807, 2.05) is 0 Å². The Labute approximate surface area is 319 Å². The lowest BCUT2D eigenvalue weighted by Gasteiger charge is -2.20. The van der Waals surface area contributed by atoms with E-state index in [1.165, 1.54) is 178 Å². The number of unbranched alkanes of at least 4 members (excludes halogenated alkanes) is 26. The molecule has 0 aromatic heterocycles. The van der Waals surface area contributed by atoms with Crippen LogP contribution in [0.3, 0.4) is 0 Å². The first-order valence-electron chi connectivity index (χ1n) is 22.3. The molecule has 0 spiro atoms. The van der Waals surface area contributed by atoms with Crippen LogP contribution in [0.5, 0.6) is 11.5 Å². The molecule has 2 rings (SSSR count). The molecule has 0 aliphatic heterocycles. The summed E-state index contributed by atoms with van der Waals surface area (Å²) >= 11 is 0. The normalized spacial score (nSPS) is 11.7. The van der Waals surface area contributed by atoms with E-state index in [1.54, 1.807) is 0 Å². The first-order valence-corrected chi connectivity index (χ1v) is 24.0. The lowest BCUT2D eigenvalue weighted by Crippen LogP contribution is -2.05. The molecule has 0 aliphatic rings. The van der Waals surface area contributed by atoms with Crippen molar-refractivity contribution in [1.29, 1.82) is 0 Å². The largest absolute Gasteiger partial charge is 0.494 e. The molecular formula is C47H82O3Si. The van der Waals surface area contributed by atoms with Crippen molar-refractivity contribution in [2.75, 3.05) is 13.2 Å². The van der Waals surface area contributed by atoms with Crippen LogP contribution >= 0.6 is 0 Å². The predicted octanol–water partition coefficient (Wildman–Crippen LogP) is 14.4. The highest BCUT2D eigenvalue weighted by atomic mass is 28.2. The summed E-state index contributed by atoms with van der Waals surface area (Å²) in [5.41, 5.74) is 2.56. The van der Waals surface area contributed by atoms with E-state index in [0.29, 0.717) is 0 Å². The first kappa shape index (κ1) is 45.4. The predicted molar refractivity (Wildman–Crippen MR) is 227 cm³/mol. The smallest absolute Gasteiger partial charge is 0.156 e. The molecule has 0 aliphatic carbocycles. The fourth-order valence-corrected chi connectivity index (χ4v) is 8.03. The van der Waals surface area contributed by atoms with Crippen LogP contribution in [-0.4, -0.2) is 27.8 Å². The van der Waals surface area contributed by atoms with Gasteiger partial charge in [-0.3, -0.25) is 0 Å². The van der Waals surface area contributed by atoms with Crippen LogP contribution in [-0.2, 0) is 0 Å². The van der Waals surface area contributed by atoms with E-state index in [9.17, 15) is 4.80 Å². The van der Waals surface area contributed by atoms with Crippen molar-refractivity contribution in [3.05, 3.63) is 59.7 Å². The minimum atomic E-state index is -0.992. The standard InChI is InChI=1S/C47H82O3Si/c1-3-5-7-9-11-13-15-17-19-21-23-25-27-29-38-49-45-35-31-33-43(41-45)47(37-40-51-48)44-34-32-36-46(42-44)50-39-30-28-26-24-22-20-18-16-14-12-10-8-6-4-2/h31-36,41-42,47-48H,3-30,37-40,51H2,1-2H3. The summed E-state index contributed by atoms with van der Waals surface area (Å²) in [5, 5.41) is 0. The average molecular weight is 723 g/mol. The topological polar surface area (TPSA) is 38.7 Å². The van der Waals surface area contributed by atoms with Crippen LogP contribution in [0.4, 0.5) is 0 Å². The molecule has 1 N–H and O–H groups in total. The molecule has 2 aromatic carbocycles. The van der Waals surface area contributed by atoms with Crippen LogP contribution < -0.4 is 9.47 Å². The molecule has 0 amide bonds. The number of benzene rings is 2. The molecule has 0 radical (unpaired) electrons. The van der Waals surface area contributed by atoms with E-state index in [2.05, 4.69) is 62.4 Å². The molecule has 0 heterocycles. The van der Waals surface area contributed by atoms with Crippen LogP contribution in [0.25, 0.3) is 0 Å². The van der Waals surface area contributed by atoms with E-state index in [4.69, 9.17) is 9.47 Å². The molecule has 2 aromatic rings. The van der Waals surface area contributed by atoms with E-state index >= 15 is 0 Å². The van der Waals surface area contributed by atoms with E-state index in [0.717, 1.165) is 50.0 Å². The minimum Gasteiger partial charge on any atom is -0.494 e. The molecule has 0 fully saturated rings. The van der Waals surface area contributed by atoms with Gasteiger partial charge in [-0.1, -0.05) is 205 Å². The van der Waals surface area contributed by atoms with Crippen LogP contribution in [0.2, 0.25) is 6.04 Å². The SMILES string of the molecule is CCCCCCCCCCCCCCCCOc1cccc(C(CC[SiH2]O)c2cccc(OCCCCCCCCCCCCCCCC)c2)c1. The average Bonchev–Trinajstić information content (AvgIpc) is 3.15. The highest BCUT2D eigenvalue weighted by Gasteiger charge is 2.16. The Morgan fingerprint density at radius 2 is 0.765 bits per heavy atom. The van der Waals surface area contributed by atoms with Gasteiger partial charge in [-0.15, -0.1) is 0 Å². The first-order chi connectivity index (χ1) is 25.3. The molecule has 0 unspecified atom stereocenters. The van der Waals surface area contributed by atoms with Gasteiger partial charge in [-0.2, -0.15) is 0 Å². The van der Waals surface area contributed by atoms with Gasteiger partial charge in [0.2, 0.25) is 0 Å². The van der Waals surface area contributed by atoms with Crippen molar-refractivity contribution in [2.24, 2.45) is 0 Å². The van der Waals surface area contributed by atoms with Gasteiger partial charge in [0.15, 0.2) is 9.76 Å². The van der Waals surface area contributed by atoms with Gasteiger partial charge < -0.3 is 14.3 Å². The second-order valence-corrected chi connectivity index (χ2v) is 16.6. The van der Waals surface area contributed by atoms with Gasteiger partial charge in [0, 0.05) is 5.92 Å². The number of hydrogen-bond acceptors (Lipinski definition) is 3. The summed E-state index contributed by atoms with van der Waals surface area (Å²) in [4.78, 5) is 9.81. The zero-order valence-corrected chi connectivity index (χ0v) is 35.2. The van der Waals surface area contributed by atoms with Crippen molar-refractivity contribution in [1.82, 2.24) is 0 Å². The second kappa shape index (κ2) is 34.0. The third-order valence-corrected chi connectivity index (χ3v) is 11.4. The number of ether oxygens (including phenoxy) is 2. The van der Waals surface area contributed by atoms with Gasteiger partial charge >= 0.3 is 0 Å². The van der Waals surface area contributed by atoms with Crippen LogP contribution in [0.15, 0.2) is 48.5 Å². The maximum Gasteiger partial charge on any atom is 0.156 e.